The molecule has 1 unspecified atom stereocenters. The quantitative estimate of drug-likeness (QED) is 0.447. The van der Waals surface area contributed by atoms with Crippen molar-refractivity contribution in [3.8, 4) is 0 Å². The Hall–Kier alpha value is -3.15. The standard InChI is InChI=1S/C28H35FN4O/c1-7-28(8-2,21-14-12-18(3)13-15-21)31-26(34)24-19(4)32-33-25(24)30-23(17-27(33,5)6)20-10-9-11-22(29)16-20/h9-16,23,30H,7-8,17H2,1-6H3,(H,31,34). The third-order valence-electron chi connectivity index (χ3n) is 7.29. The summed E-state index contributed by atoms with van der Waals surface area (Å²) in [6.07, 6.45) is 2.26. The number of nitrogens with one attached hydrogen (secondary N) is 2. The average molecular weight is 463 g/mol. The summed E-state index contributed by atoms with van der Waals surface area (Å²) in [5, 5.41) is 11.6. The van der Waals surface area contributed by atoms with Crippen molar-refractivity contribution in [3.05, 3.63) is 82.3 Å². The van der Waals surface area contributed by atoms with E-state index < -0.39 is 5.54 Å². The van der Waals surface area contributed by atoms with Gasteiger partial charge in [-0.05, 0) is 70.2 Å². The number of carbonyl (C=O) groups excluding carboxylic acids is 1. The van der Waals surface area contributed by atoms with Crippen molar-refractivity contribution in [2.45, 2.75) is 77.9 Å². The van der Waals surface area contributed by atoms with Crippen molar-refractivity contribution in [1.82, 2.24) is 15.1 Å². The number of carbonyl (C=O) groups is 1. The summed E-state index contributed by atoms with van der Waals surface area (Å²) in [5.74, 6) is 0.274. The Bertz CT molecular complexity index is 1190. The minimum absolute atomic E-state index is 0.125. The van der Waals surface area contributed by atoms with E-state index in [1.807, 2.05) is 17.7 Å². The fraction of sp³-hybridized carbons (Fsp3) is 0.429. The summed E-state index contributed by atoms with van der Waals surface area (Å²) in [4.78, 5) is 13.8. The molecule has 4 rings (SSSR count). The van der Waals surface area contributed by atoms with Crippen LogP contribution in [-0.2, 0) is 11.1 Å². The molecule has 0 bridgehead atoms. The first kappa shape index (κ1) is 24.0. The highest BCUT2D eigenvalue weighted by molar-refractivity contribution is 6.00. The molecule has 2 N–H and O–H groups in total. The first-order valence-electron chi connectivity index (χ1n) is 12.1. The topological polar surface area (TPSA) is 59.0 Å². The van der Waals surface area contributed by atoms with Crippen molar-refractivity contribution in [2.24, 2.45) is 0 Å². The Morgan fingerprint density at radius 2 is 1.85 bits per heavy atom. The Labute approximate surface area is 201 Å². The monoisotopic (exact) mass is 462 g/mol. The summed E-state index contributed by atoms with van der Waals surface area (Å²) in [6.45, 7) is 12.4. The molecule has 0 saturated carbocycles. The van der Waals surface area contributed by atoms with Gasteiger partial charge >= 0.3 is 0 Å². The van der Waals surface area contributed by atoms with E-state index in [0.717, 1.165) is 30.4 Å². The van der Waals surface area contributed by atoms with E-state index in [9.17, 15) is 9.18 Å². The van der Waals surface area contributed by atoms with Crippen LogP contribution in [0.2, 0.25) is 0 Å². The molecule has 5 nitrogen and oxygen atoms in total. The lowest BCUT2D eigenvalue weighted by Crippen LogP contribution is -2.45. The van der Waals surface area contributed by atoms with Crippen molar-refractivity contribution >= 4 is 11.7 Å². The summed E-state index contributed by atoms with van der Waals surface area (Å²) < 4.78 is 15.9. The Balaban J connectivity index is 1.73. The Kier molecular flexibility index (Phi) is 6.28. The number of amides is 1. The van der Waals surface area contributed by atoms with Crippen molar-refractivity contribution in [1.29, 1.82) is 0 Å². The van der Waals surface area contributed by atoms with Crippen molar-refractivity contribution in [3.63, 3.8) is 0 Å². The number of anilines is 1. The SMILES string of the molecule is CCC(CC)(NC(=O)c1c(C)nn2c1NC(c1cccc(F)c1)CC2(C)C)c1ccc(C)cc1. The zero-order valence-electron chi connectivity index (χ0n) is 21.0. The fourth-order valence-electron chi connectivity index (χ4n) is 5.16. The third-order valence-corrected chi connectivity index (χ3v) is 7.29. The maximum atomic E-state index is 14.0. The van der Waals surface area contributed by atoms with Gasteiger partial charge in [-0.2, -0.15) is 5.10 Å². The molecule has 2 aromatic carbocycles. The molecule has 1 atom stereocenters. The van der Waals surface area contributed by atoms with Crippen LogP contribution in [0.25, 0.3) is 0 Å². The van der Waals surface area contributed by atoms with Gasteiger partial charge in [-0.15, -0.1) is 0 Å². The van der Waals surface area contributed by atoms with Crippen LogP contribution in [0.1, 0.15) is 85.7 Å². The van der Waals surface area contributed by atoms with Gasteiger partial charge < -0.3 is 10.6 Å². The van der Waals surface area contributed by atoms with Gasteiger partial charge in [0.05, 0.1) is 22.8 Å². The van der Waals surface area contributed by atoms with E-state index in [0.29, 0.717) is 17.1 Å². The molecule has 3 aromatic rings. The van der Waals surface area contributed by atoms with Crippen LogP contribution < -0.4 is 10.6 Å². The number of aryl methyl sites for hydroxylation is 2. The van der Waals surface area contributed by atoms with Gasteiger partial charge in [0.1, 0.15) is 17.2 Å². The number of aromatic nitrogens is 2. The highest BCUT2D eigenvalue weighted by Crippen LogP contribution is 2.41. The first-order chi connectivity index (χ1) is 16.1. The van der Waals surface area contributed by atoms with Crippen LogP contribution in [0.4, 0.5) is 10.2 Å². The Morgan fingerprint density at radius 3 is 2.47 bits per heavy atom. The van der Waals surface area contributed by atoms with Crippen LogP contribution in [0, 0.1) is 19.7 Å². The number of benzene rings is 2. The normalized spacial score (nSPS) is 17.1. The molecule has 1 aromatic heterocycles. The molecule has 2 heterocycles. The van der Waals surface area contributed by atoms with Gasteiger partial charge in [-0.25, -0.2) is 9.07 Å². The van der Waals surface area contributed by atoms with Gasteiger partial charge in [-0.3, -0.25) is 4.79 Å². The van der Waals surface area contributed by atoms with Gasteiger partial charge in [0.2, 0.25) is 0 Å². The van der Waals surface area contributed by atoms with Gasteiger partial charge in [-0.1, -0.05) is 55.8 Å². The molecule has 0 aliphatic carbocycles. The summed E-state index contributed by atoms with van der Waals surface area (Å²) >= 11 is 0. The smallest absolute Gasteiger partial charge is 0.257 e. The van der Waals surface area contributed by atoms with Crippen LogP contribution in [0.15, 0.2) is 48.5 Å². The average Bonchev–Trinajstić information content (AvgIpc) is 3.15. The lowest BCUT2D eigenvalue weighted by atomic mass is 9.84. The predicted molar refractivity (Wildman–Crippen MR) is 135 cm³/mol. The highest BCUT2D eigenvalue weighted by Gasteiger charge is 2.39. The lowest BCUT2D eigenvalue weighted by molar-refractivity contribution is 0.0889. The molecule has 6 heteroatoms. The Morgan fingerprint density at radius 1 is 1.18 bits per heavy atom. The van der Waals surface area contributed by atoms with E-state index in [1.165, 1.54) is 11.6 Å². The van der Waals surface area contributed by atoms with Gasteiger partial charge in [0, 0.05) is 0 Å². The molecule has 0 fully saturated rings. The zero-order valence-corrected chi connectivity index (χ0v) is 21.0. The second-order valence-corrected chi connectivity index (χ2v) is 10.1. The lowest BCUT2D eigenvalue weighted by Gasteiger charge is -2.38. The molecule has 1 amide bonds. The van der Waals surface area contributed by atoms with Crippen LogP contribution >= 0.6 is 0 Å². The summed E-state index contributed by atoms with van der Waals surface area (Å²) in [7, 11) is 0. The first-order valence-corrected chi connectivity index (χ1v) is 12.1. The van der Waals surface area contributed by atoms with Crippen LogP contribution in [0.3, 0.4) is 0 Å². The molecular formula is C28H35FN4O. The predicted octanol–water partition coefficient (Wildman–Crippen LogP) is 6.38. The molecule has 180 valence electrons. The van der Waals surface area contributed by atoms with Crippen LogP contribution in [-0.4, -0.2) is 15.7 Å². The molecule has 1 aliphatic rings. The minimum atomic E-state index is -0.474. The molecule has 0 saturated heterocycles. The van der Waals surface area contributed by atoms with Gasteiger partial charge in [0.25, 0.3) is 5.91 Å². The largest absolute Gasteiger partial charge is 0.363 e. The molecule has 1 aliphatic heterocycles. The van der Waals surface area contributed by atoms with E-state index in [4.69, 9.17) is 5.10 Å². The number of hydrogen-bond donors (Lipinski definition) is 2. The second kappa shape index (κ2) is 8.90. The van der Waals surface area contributed by atoms with E-state index in [1.54, 1.807) is 12.1 Å². The zero-order chi connectivity index (χ0) is 24.7. The minimum Gasteiger partial charge on any atom is -0.363 e. The van der Waals surface area contributed by atoms with E-state index in [-0.39, 0.29) is 23.3 Å². The number of nitrogens with zero attached hydrogens (tertiary/aromatic N) is 2. The van der Waals surface area contributed by atoms with Crippen LogP contribution in [0.5, 0.6) is 0 Å². The molecule has 0 spiro atoms. The maximum absolute atomic E-state index is 14.0. The second-order valence-electron chi connectivity index (χ2n) is 10.1. The number of hydrogen-bond acceptors (Lipinski definition) is 3. The third kappa shape index (κ3) is 4.22. The summed E-state index contributed by atoms with van der Waals surface area (Å²) in [5.41, 5.74) is 3.56. The molecular weight excluding hydrogens is 427 g/mol. The fourth-order valence-corrected chi connectivity index (χ4v) is 5.16. The number of rotatable bonds is 6. The highest BCUT2D eigenvalue weighted by atomic mass is 19.1. The van der Waals surface area contributed by atoms with E-state index in [2.05, 4.69) is 69.5 Å². The maximum Gasteiger partial charge on any atom is 0.257 e. The van der Waals surface area contributed by atoms with Crippen molar-refractivity contribution in [2.75, 3.05) is 5.32 Å². The molecule has 34 heavy (non-hydrogen) atoms. The number of halogens is 1. The van der Waals surface area contributed by atoms with Gasteiger partial charge in [0.15, 0.2) is 0 Å². The van der Waals surface area contributed by atoms with E-state index >= 15 is 0 Å². The van der Waals surface area contributed by atoms with Crippen molar-refractivity contribution < 1.29 is 9.18 Å². The number of fused-ring (bicyclic) bond motifs is 1. The summed E-state index contributed by atoms with van der Waals surface area (Å²) in [6, 6.07) is 14.9. The molecule has 0 radical (unpaired) electrons.